The van der Waals surface area contributed by atoms with Gasteiger partial charge < -0.3 is 10.2 Å². The zero-order valence-electron chi connectivity index (χ0n) is 7.40. The number of alkyl halides is 1. The lowest BCUT2D eigenvalue weighted by atomic mass is 10.2. The molecule has 2 rings (SSSR count). The van der Waals surface area contributed by atoms with E-state index in [1.54, 1.807) is 0 Å². The third-order valence-electron chi connectivity index (χ3n) is 1.83. The fraction of sp³-hybridized carbons (Fsp3) is 0.100. The van der Waals surface area contributed by atoms with Crippen molar-refractivity contribution < 1.29 is 4.42 Å². The normalized spacial score (nSPS) is 11.5. The van der Waals surface area contributed by atoms with Gasteiger partial charge in [0.1, 0.15) is 5.52 Å². The van der Waals surface area contributed by atoms with Crippen molar-refractivity contribution >= 4 is 34.8 Å². The lowest BCUT2D eigenvalue weighted by Gasteiger charge is -1.90. The van der Waals surface area contributed by atoms with Crippen LogP contribution < -0.4 is 5.73 Å². The third-order valence-corrected chi connectivity index (χ3v) is 2.01. The van der Waals surface area contributed by atoms with Crippen LogP contribution in [0.2, 0.25) is 0 Å². The number of benzene rings is 1. The van der Waals surface area contributed by atoms with Crippen LogP contribution in [-0.4, -0.2) is 10.9 Å². The van der Waals surface area contributed by atoms with Crippen molar-refractivity contribution in [2.45, 2.75) is 0 Å². The number of hydrogen-bond acceptors (Lipinski definition) is 3. The van der Waals surface area contributed by atoms with Gasteiger partial charge in [-0.15, -0.1) is 11.6 Å². The minimum atomic E-state index is 0.193. The van der Waals surface area contributed by atoms with Gasteiger partial charge in [-0.3, -0.25) is 0 Å². The smallest absolute Gasteiger partial charge is 0.292 e. The van der Waals surface area contributed by atoms with Crippen LogP contribution in [-0.2, 0) is 0 Å². The summed E-state index contributed by atoms with van der Waals surface area (Å²) in [6.07, 6.45) is 3.80. The number of fused-ring (bicyclic) bond motifs is 1. The third kappa shape index (κ3) is 1.72. The van der Waals surface area contributed by atoms with Crippen LogP contribution in [0, 0.1) is 0 Å². The van der Waals surface area contributed by atoms with Gasteiger partial charge in [-0.2, -0.15) is 4.98 Å². The van der Waals surface area contributed by atoms with Crippen molar-refractivity contribution in [3.63, 3.8) is 0 Å². The molecule has 4 heteroatoms. The van der Waals surface area contributed by atoms with Crippen LogP contribution in [0.4, 0.5) is 6.01 Å². The number of hydrogen-bond donors (Lipinski definition) is 1. The van der Waals surface area contributed by atoms with E-state index in [0.29, 0.717) is 11.5 Å². The standard InChI is InChI=1S/C10H9ClN2O/c11-5-1-2-7-3-4-9-8(6-7)13-10(12)14-9/h1-4,6H,5H2,(H2,12,13). The number of aromatic nitrogens is 1. The van der Waals surface area contributed by atoms with Gasteiger partial charge in [0.05, 0.1) is 0 Å². The molecule has 0 saturated carbocycles. The largest absolute Gasteiger partial charge is 0.424 e. The molecule has 0 aliphatic rings. The first-order chi connectivity index (χ1) is 6.79. The predicted octanol–water partition coefficient (Wildman–Crippen LogP) is 2.66. The Hall–Kier alpha value is -1.48. The minimum absolute atomic E-state index is 0.193. The second-order valence-electron chi connectivity index (χ2n) is 2.84. The zero-order valence-corrected chi connectivity index (χ0v) is 8.16. The van der Waals surface area contributed by atoms with E-state index in [-0.39, 0.29) is 6.01 Å². The molecular formula is C10H9ClN2O. The minimum Gasteiger partial charge on any atom is -0.424 e. The van der Waals surface area contributed by atoms with Crippen LogP contribution in [0.15, 0.2) is 28.7 Å². The second kappa shape index (κ2) is 3.72. The van der Waals surface area contributed by atoms with E-state index in [2.05, 4.69) is 4.98 Å². The predicted molar refractivity (Wildman–Crippen MR) is 58.2 cm³/mol. The van der Waals surface area contributed by atoms with Gasteiger partial charge >= 0.3 is 0 Å². The second-order valence-corrected chi connectivity index (χ2v) is 3.14. The van der Waals surface area contributed by atoms with E-state index in [1.165, 1.54) is 0 Å². The maximum absolute atomic E-state index is 5.53. The lowest BCUT2D eigenvalue weighted by molar-refractivity contribution is 0.626. The Morgan fingerprint density at radius 2 is 2.36 bits per heavy atom. The van der Waals surface area contributed by atoms with Crippen LogP contribution in [0.5, 0.6) is 0 Å². The van der Waals surface area contributed by atoms with E-state index in [4.69, 9.17) is 21.8 Å². The lowest BCUT2D eigenvalue weighted by Crippen LogP contribution is -1.80. The molecule has 72 valence electrons. The number of rotatable bonds is 2. The summed E-state index contributed by atoms with van der Waals surface area (Å²) in [6.45, 7) is 0. The van der Waals surface area contributed by atoms with Gasteiger partial charge in [-0.25, -0.2) is 0 Å². The Morgan fingerprint density at radius 3 is 3.14 bits per heavy atom. The highest BCUT2D eigenvalue weighted by molar-refractivity contribution is 6.19. The topological polar surface area (TPSA) is 52.0 Å². The fourth-order valence-corrected chi connectivity index (χ4v) is 1.34. The first-order valence-electron chi connectivity index (χ1n) is 4.18. The highest BCUT2D eigenvalue weighted by Gasteiger charge is 2.01. The monoisotopic (exact) mass is 208 g/mol. The number of oxazole rings is 1. The molecule has 0 atom stereocenters. The van der Waals surface area contributed by atoms with Crippen molar-refractivity contribution in [2.24, 2.45) is 0 Å². The Kier molecular flexibility index (Phi) is 2.41. The van der Waals surface area contributed by atoms with E-state index in [9.17, 15) is 0 Å². The molecule has 0 radical (unpaired) electrons. The number of allylic oxidation sites excluding steroid dienone is 1. The molecule has 2 N–H and O–H groups in total. The van der Waals surface area contributed by atoms with E-state index in [1.807, 2.05) is 30.4 Å². The molecule has 0 saturated heterocycles. The molecular weight excluding hydrogens is 200 g/mol. The van der Waals surface area contributed by atoms with Gasteiger partial charge in [-0.1, -0.05) is 18.2 Å². The van der Waals surface area contributed by atoms with Crippen LogP contribution in [0.1, 0.15) is 5.56 Å². The first kappa shape index (κ1) is 9.09. The average molecular weight is 209 g/mol. The van der Waals surface area contributed by atoms with Crippen LogP contribution in [0.3, 0.4) is 0 Å². The summed E-state index contributed by atoms with van der Waals surface area (Å²) in [6, 6.07) is 5.86. The summed E-state index contributed by atoms with van der Waals surface area (Å²) >= 11 is 5.53. The number of halogens is 1. The summed E-state index contributed by atoms with van der Waals surface area (Å²) in [4.78, 5) is 4.03. The van der Waals surface area contributed by atoms with Gasteiger partial charge in [0, 0.05) is 5.88 Å². The fourth-order valence-electron chi connectivity index (χ4n) is 1.25. The molecule has 0 spiro atoms. The molecule has 3 nitrogen and oxygen atoms in total. The average Bonchev–Trinajstić information content (AvgIpc) is 2.54. The Bertz CT molecular complexity index is 476. The van der Waals surface area contributed by atoms with Gasteiger partial charge in [0.25, 0.3) is 6.01 Å². The molecule has 0 aliphatic heterocycles. The van der Waals surface area contributed by atoms with Gasteiger partial charge in [0.2, 0.25) is 0 Å². The summed E-state index contributed by atoms with van der Waals surface area (Å²) in [5.74, 6) is 0.499. The molecule has 0 amide bonds. The van der Waals surface area contributed by atoms with Crippen molar-refractivity contribution in [2.75, 3.05) is 11.6 Å². The molecule has 1 heterocycles. The highest BCUT2D eigenvalue weighted by Crippen LogP contribution is 2.18. The van der Waals surface area contributed by atoms with Crippen LogP contribution in [0.25, 0.3) is 17.2 Å². The highest BCUT2D eigenvalue weighted by atomic mass is 35.5. The molecule has 2 aromatic rings. The van der Waals surface area contributed by atoms with Crippen molar-refractivity contribution in [1.29, 1.82) is 0 Å². The summed E-state index contributed by atoms with van der Waals surface area (Å²) in [5, 5.41) is 0. The summed E-state index contributed by atoms with van der Waals surface area (Å²) in [5.41, 5.74) is 7.92. The van der Waals surface area contributed by atoms with E-state index < -0.39 is 0 Å². The maximum atomic E-state index is 5.53. The molecule has 0 aliphatic carbocycles. The van der Waals surface area contributed by atoms with Crippen molar-refractivity contribution in [1.82, 2.24) is 4.98 Å². The Morgan fingerprint density at radius 1 is 1.50 bits per heavy atom. The Labute approximate surface area is 86.2 Å². The van der Waals surface area contributed by atoms with Crippen molar-refractivity contribution in [3.8, 4) is 0 Å². The summed E-state index contributed by atoms with van der Waals surface area (Å²) in [7, 11) is 0. The van der Waals surface area contributed by atoms with Crippen molar-refractivity contribution in [3.05, 3.63) is 29.8 Å². The molecule has 1 aromatic heterocycles. The van der Waals surface area contributed by atoms with Gasteiger partial charge in [0.15, 0.2) is 5.58 Å². The summed E-state index contributed by atoms with van der Waals surface area (Å²) < 4.78 is 5.14. The SMILES string of the molecule is Nc1nc2cc(C=CCCl)ccc2o1. The molecule has 1 aromatic carbocycles. The number of nitrogens with zero attached hydrogens (tertiary/aromatic N) is 1. The molecule has 0 bridgehead atoms. The number of nitrogen functional groups attached to an aromatic ring is 1. The quantitative estimate of drug-likeness (QED) is 0.772. The zero-order chi connectivity index (χ0) is 9.97. The number of nitrogens with two attached hydrogens (primary N) is 1. The molecule has 0 fully saturated rings. The first-order valence-corrected chi connectivity index (χ1v) is 4.71. The van der Waals surface area contributed by atoms with Gasteiger partial charge in [-0.05, 0) is 17.7 Å². The van der Waals surface area contributed by atoms with E-state index >= 15 is 0 Å². The van der Waals surface area contributed by atoms with Crippen LogP contribution >= 0.6 is 11.6 Å². The molecule has 14 heavy (non-hydrogen) atoms. The van der Waals surface area contributed by atoms with E-state index in [0.717, 1.165) is 11.1 Å². The Balaban J connectivity index is 2.45. The number of anilines is 1. The maximum Gasteiger partial charge on any atom is 0.292 e. The molecule has 0 unspecified atom stereocenters.